The molecule has 1 aromatic carbocycles. The predicted molar refractivity (Wildman–Crippen MR) is 94.0 cm³/mol. The molecule has 1 aliphatic carbocycles. The van der Waals surface area contributed by atoms with Gasteiger partial charge in [-0.1, -0.05) is 35.5 Å². The standard InChI is InChI=1S/C19H24N4O2/c24-19(20-13-16-12-18(16)15-4-2-1-3-5-15)23-9-7-22(8-10-23)14-17-6-11-25-21-17/h1-6,11,16,18H,7-10,12-14H2,(H,20,24)/t16-,18-/m1/s1. The highest BCUT2D eigenvalue weighted by Crippen LogP contribution is 2.46. The SMILES string of the molecule is O=C(NC[C@H]1C[C@@H]1c1ccccc1)N1CCN(Cc2ccon2)CC1. The third-order valence-corrected chi connectivity index (χ3v) is 5.20. The number of nitrogens with one attached hydrogen (secondary N) is 1. The van der Waals surface area contributed by atoms with Crippen LogP contribution in [-0.4, -0.2) is 53.7 Å². The van der Waals surface area contributed by atoms with Gasteiger partial charge in [-0.3, -0.25) is 4.90 Å². The fourth-order valence-corrected chi connectivity index (χ4v) is 3.57. The van der Waals surface area contributed by atoms with Gasteiger partial charge < -0.3 is 14.7 Å². The molecule has 2 heterocycles. The molecule has 0 spiro atoms. The Labute approximate surface area is 147 Å². The van der Waals surface area contributed by atoms with Gasteiger partial charge in [-0.2, -0.15) is 0 Å². The maximum Gasteiger partial charge on any atom is 0.317 e. The van der Waals surface area contributed by atoms with Crippen molar-refractivity contribution >= 4 is 6.03 Å². The quantitative estimate of drug-likeness (QED) is 0.907. The number of carbonyl (C=O) groups excluding carboxylic acids is 1. The normalized spacial score (nSPS) is 23.4. The van der Waals surface area contributed by atoms with Crippen molar-refractivity contribution in [2.45, 2.75) is 18.9 Å². The number of hydrogen-bond donors (Lipinski definition) is 1. The van der Waals surface area contributed by atoms with Crippen LogP contribution in [0.25, 0.3) is 0 Å². The first-order chi connectivity index (χ1) is 12.3. The lowest BCUT2D eigenvalue weighted by atomic mass is 10.1. The summed E-state index contributed by atoms with van der Waals surface area (Å²) in [5, 5.41) is 7.06. The molecule has 1 N–H and O–H groups in total. The molecule has 0 radical (unpaired) electrons. The summed E-state index contributed by atoms with van der Waals surface area (Å²) in [6, 6.07) is 12.5. The molecule has 0 bridgehead atoms. The Kier molecular flexibility index (Phi) is 4.70. The van der Waals surface area contributed by atoms with Gasteiger partial charge in [-0.25, -0.2) is 4.79 Å². The van der Waals surface area contributed by atoms with Crippen LogP contribution in [0.2, 0.25) is 0 Å². The molecule has 25 heavy (non-hydrogen) atoms. The molecule has 2 aliphatic rings. The number of carbonyl (C=O) groups is 1. The number of aromatic nitrogens is 1. The summed E-state index contributed by atoms with van der Waals surface area (Å²) in [5.41, 5.74) is 2.34. The van der Waals surface area contributed by atoms with E-state index in [1.54, 1.807) is 6.26 Å². The lowest BCUT2D eigenvalue weighted by Crippen LogP contribution is -2.51. The van der Waals surface area contributed by atoms with Gasteiger partial charge in [0.1, 0.15) is 6.26 Å². The minimum absolute atomic E-state index is 0.0693. The molecule has 4 rings (SSSR count). The van der Waals surface area contributed by atoms with E-state index in [1.807, 2.05) is 17.0 Å². The van der Waals surface area contributed by atoms with Gasteiger partial charge in [0.05, 0.1) is 5.69 Å². The maximum absolute atomic E-state index is 12.4. The van der Waals surface area contributed by atoms with Gasteiger partial charge in [-0.05, 0) is 23.8 Å². The molecule has 2 aromatic rings. The molecule has 1 saturated carbocycles. The molecule has 1 aromatic heterocycles. The zero-order valence-electron chi connectivity index (χ0n) is 14.3. The zero-order chi connectivity index (χ0) is 17.1. The van der Waals surface area contributed by atoms with Gasteiger partial charge in [-0.15, -0.1) is 0 Å². The van der Waals surface area contributed by atoms with E-state index in [4.69, 9.17) is 4.52 Å². The first kappa shape index (κ1) is 16.1. The van der Waals surface area contributed by atoms with Gasteiger partial charge in [0.2, 0.25) is 0 Å². The van der Waals surface area contributed by atoms with Crippen molar-refractivity contribution in [3.63, 3.8) is 0 Å². The topological polar surface area (TPSA) is 61.6 Å². The van der Waals surface area contributed by atoms with Crippen LogP contribution in [0.5, 0.6) is 0 Å². The molecule has 1 aliphatic heterocycles. The molecule has 1 saturated heterocycles. The Hall–Kier alpha value is -2.34. The number of amides is 2. The minimum atomic E-state index is 0.0693. The number of hydrogen-bond acceptors (Lipinski definition) is 4. The van der Waals surface area contributed by atoms with Crippen LogP contribution >= 0.6 is 0 Å². The van der Waals surface area contributed by atoms with E-state index in [2.05, 4.69) is 39.6 Å². The fourth-order valence-electron chi connectivity index (χ4n) is 3.57. The molecular weight excluding hydrogens is 316 g/mol. The van der Waals surface area contributed by atoms with Gasteiger partial charge >= 0.3 is 6.03 Å². The van der Waals surface area contributed by atoms with E-state index < -0.39 is 0 Å². The predicted octanol–water partition coefficient (Wildman–Crippen LogP) is 2.31. The van der Waals surface area contributed by atoms with Crippen LogP contribution in [0.4, 0.5) is 4.79 Å². The zero-order valence-corrected chi connectivity index (χ0v) is 14.3. The van der Waals surface area contributed by atoms with E-state index in [9.17, 15) is 4.79 Å². The van der Waals surface area contributed by atoms with Gasteiger partial charge in [0.25, 0.3) is 0 Å². The Morgan fingerprint density at radius 1 is 1.16 bits per heavy atom. The summed E-state index contributed by atoms with van der Waals surface area (Å²) in [4.78, 5) is 16.6. The molecule has 6 nitrogen and oxygen atoms in total. The van der Waals surface area contributed by atoms with Crippen LogP contribution < -0.4 is 5.32 Å². The summed E-state index contributed by atoms with van der Waals surface area (Å²) in [6.07, 6.45) is 2.77. The summed E-state index contributed by atoms with van der Waals surface area (Å²) in [6.45, 7) is 4.82. The van der Waals surface area contributed by atoms with Crippen LogP contribution in [0.15, 0.2) is 47.2 Å². The third-order valence-electron chi connectivity index (χ3n) is 5.20. The lowest BCUT2D eigenvalue weighted by molar-refractivity contribution is 0.133. The van der Waals surface area contributed by atoms with Crippen molar-refractivity contribution in [3.05, 3.63) is 53.9 Å². The summed E-state index contributed by atoms with van der Waals surface area (Å²) in [7, 11) is 0. The number of piperazine rings is 1. The van der Waals surface area contributed by atoms with Gasteiger partial charge in [0, 0.05) is 45.3 Å². The summed E-state index contributed by atoms with van der Waals surface area (Å²) >= 11 is 0. The largest absolute Gasteiger partial charge is 0.364 e. The second kappa shape index (κ2) is 7.27. The minimum Gasteiger partial charge on any atom is -0.364 e. The molecule has 2 amide bonds. The molecule has 6 heteroatoms. The highest BCUT2D eigenvalue weighted by molar-refractivity contribution is 5.74. The van der Waals surface area contributed by atoms with Crippen LogP contribution in [0.3, 0.4) is 0 Å². The van der Waals surface area contributed by atoms with Crippen molar-refractivity contribution in [2.24, 2.45) is 5.92 Å². The van der Waals surface area contributed by atoms with Crippen molar-refractivity contribution < 1.29 is 9.32 Å². The second-order valence-electron chi connectivity index (χ2n) is 6.95. The Bertz CT molecular complexity index is 681. The average Bonchev–Trinajstić information content (AvgIpc) is 3.27. The van der Waals surface area contributed by atoms with E-state index >= 15 is 0 Å². The number of urea groups is 1. The smallest absolute Gasteiger partial charge is 0.317 e. The monoisotopic (exact) mass is 340 g/mol. The maximum atomic E-state index is 12.4. The number of benzene rings is 1. The fraction of sp³-hybridized carbons (Fsp3) is 0.474. The van der Waals surface area contributed by atoms with E-state index in [1.165, 1.54) is 12.0 Å². The second-order valence-corrected chi connectivity index (χ2v) is 6.95. The highest BCUT2D eigenvalue weighted by Gasteiger charge is 2.38. The van der Waals surface area contributed by atoms with Gasteiger partial charge in [0.15, 0.2) is 0 Å². The summed E-state index contributed by atoms with van der Waals surface area (Å²) < 4.78 is 4.87. The molecule has 2 fully saturated rings. The van der Waals surface area contributed by atoms with E-state index in [0.717, 1.165) is 45.0 Å². The Balaban J connectivity index is 1.17. The van der Waals surface area contributed by atoms with Crippen LogP contribution in [0.1, 0.15) is 23.6 Å². The van der Waals surface area contributed by atoms with Crippen molar-refractivity contribution in [1.29, 1.82) is 0 Å². The van der Waals surface area contributed by atoms with Crippen molar-refractivity contribution in [1.82, 2.24) is 20.3 Å². The molecule has 2 atom stereocenters. The number of nitrogens with zero attached hydrogens (tertiary/aromatic N) is 3. The van der Waals surface area contributed by atoms with Crippen LogP contribution in [0, 0.1) is 5.92 Å². The van der Waals surface area contributed by atoms with Crippen LogP contribution in [-0.2, 0) is 6.54 Å². The summed E-state index contributed by atoms with van der Waals surface area (Å²) in [5.74, 6) is 1.20. The van der Waals surface area contributed by atoms with E-state index in [0.29, 0.717) is 11.8 Å². The molecule has 0 unspecified atom stereocenters. The number of rotatable bonds is 5. The lowest BCUT2D eigenvalue weighted by Gasteiger charge is -2.34. The van der Waals surface area contributed by atoms with Crippen molar-refractivity contribution in [3.8, 4) is 0 Å². The van der Waals surface area contributed by atoms with E-state index in [-0.39, 0.29) is 6.03 Å². The van der Waals surface area contributed by atoms with Crippen molar-refractivity contribution in [2.75, 3.05) is 32.7 Å². The average molecular weight is 340 g/mol. The third kappa shape index (κ3) is 4.02. The first-order valence-corrected chi connectivity index (χ1v) is 8.99. The molecular formula is C19H24N4O2. The highest BCUT2D eigenvalue weighted by atomic mass is 16.5. The molecule has 132 valence electrons. The Morgan fingerprint density at radius 2 is 1.96 bits per heavy atom. The Morgan fingerprint density at radius 3 is 2.68 bits per heavy atom. The first-order valence-electron chi connectivity index (χ1n) is 8.99.